The molecule has 0 bridgehead atoms. The van der Waals surface area contributed by atoms with E-state index in [1.807, 2.05) is 0 Å². The topological polar surface area (TPSA) is 115 Å². The van der Waals surface area contributed by atoms with E-state index in [1.165, 1.54) is 0 Å². The third-order valence-corrected chi connectivity index (χ3v) is 3.06. The Morgan fingerprint density at radius 1 is 0.947 bits per heavy atom. The van der Waals surface area contributed by atoms with Crippen LogP contribution in [-0.2, 0) is 9.59 Å². The molecule has 0 aliphatic carbocycles. The van der Waals surface area contributed by atoms with Crippen molar-refractivity contribution < 1.29 is 30.0 Å². The van der Waals surface area contributed by atoms with Gasteiger partial charge < -0.3 is 20.4 Å². The van der Waals surface area contributed by atoms with Crippen LogP contribution in [0.4, 0.5) is 0 Å². The van der Waals surface area contributed by atoms with Crippen LogP contribution in [0.15, 0.2) is 0 Å². The lowest BCUT2D eigenvalue weighted by atomic mass is 9.95. The van der Waals surface area contributed by atoms with Crippen molar-refractivity contribution in [2.75, 3.05) is 6.61 Å². The number of carbonyl (C=O) groups is 2. The summed E-state index contributed by atoms with van der Waals surface area (Å²) in [6.07, 6.45) is 3.74. The first-order chi connectivity index (χ1) is 8.97. The molecule has 4 N–H and O–H groups in total. The Balaban J connectivity index is 3.64. The third-order valence-electron chi connectivity index (χ3n) is 3.06. The Kier molecular flexibility index (Phi) is 10.1. The molecule has 0 aliphatic rings. The number of aliphatic hydroxyl groups excluding tert-OH is 2. The number of unbranched alkanes of at least 4 members (excludes halogenated alkanes) is 4. The second-order valence-corrected chi connectivity index (χ2v) is 4.81. The first-order valence-corrected chi connectivity index (χ1v) is 6.71. The van der Waals surface area contributed by atoms with E-state index in [1.54, 1.807) is 0 Å². The van der Waals surface area contributed by atoms with Gasteiger partial charge in [-0.05, 0) is 19.3 Å². The minimum atomic E-state index is -0.975. The molecule has 6 heteroatoms. The van der Waals surface area contributed by atoms with Crippen molar-refractivity contribution in [1.82, 2.24) is 0 Å². The Morgan fingerprint density at radius 3 is 2.05 bits per heavy atom. The molecular formula is C13H24O6. The Labute approximate surface area is 113 Å². The first kappa shape index (κ1) is 17.9. The summed E-state index contributed by atoms with van der Waals surface area (Å²) >= 11 is 0. The summed E-state index contributed by atoms with van der Waals surface area (Å²) in [5.74, 6) is -2.36. The van der Waals surface area contributed by atoms with Crippen molar-refractivity contribution in [3.8, 4) is 0 Å². The normalized spacial score (nSPS) is 14.0. The van der Waals surface area contributed by atoms with Gasteiger partial charge in [-0.3, -0.25) is 9.59 Å². The van der Waals surface area contributed by atoms with Gasteiger partial charge in [-0.1, -0.05) is 25.7 Å². The van der Waals surface area contributed by atoms with Crippen LogP contribution in [0.2, 0.25) is 0 Å². The molecule has 6 nitrogen and oxygen atoms in total. The first-order valence-electron chi connectivity index (χ1n) is 6.71. The standard InChI is InChI=1S/C13H24O6/c14-9-11(15)8-10(13(18)19)6-4-2-1-3-5-7-12(16)17/h10-11,14-15H,1-9H2,(H,16,17)(H,18,19). The minimum absolute atomic E-state index is 0.0743. The lowest BCUT2D eigenvalue weighted by Crippen LogP contribution is -2.23. The lowest BCUT2D eigenvalue weighted by Gasteiger charge is -2.15. The molecule has 112 valence electrons. The van der Waals surface area contributed by atoms with Gasteiger partial charge in [0, 0.05) is 6.42 Å². The van der Waals surface area contributed by atoms with Crippen molar-refractivity contribution in [3.63, 3.8) is 0 Å². The van der Waals surface area contributed by atoms with Gasteiger partial charge in [0.2, 0.25) is 0 Å². The summed E-state index contributed by atoms with van der Waals surface area (Å²) in [4.78, 5) is 21.2. The average Bonchev–Trinajstić information content (AvgIpc) is 2.35. The van der Waals surface area contributed by atoms with Crippen molar-refractivity contribution in [2.24, 2.45) is 5.92 Å². The Bertz CT molecular complexity index is 266. The molecule has 0 rings (SSSR count). The number of carboxylic acid groups (broad SMARTS) is 2. The SMILES string of the molecule is O=C(O)CCCCCCCC(CC(O)CO)C(=O)O. The molecule has 0 spiro atoms. The van der Waals surface area contributed by atoms with Crippen molar-refractivity contribution in [3.05, 3.63) is 0 Å². The molecule has 2 atom stereocenters. The minimum Gasteiger partial charge on any atom is -0.481 e. The van der Waals surface area contributed by atoms with Crippen LogP contribution >= 0.6 is 0 Å². The maximum atomic E-state index is 10.9. The summed E-state index contributed by atoms with van der Waals surface area (Å²) in [6, 6.07) is 0. The van der Waals surface area contributed by atoms with Crippen LogP contribution in [0.1, 0.15) is 51.4 Å². The molecule has 0 fully saturated rings. The molecule has 0 aromatic rings. The molecule has 19 heavy (non-hydrogen) atoms. The highest BCUT2D eigenvalue weighted by molar-refractivity contribution is 5.69. The molecule has 0 saturated carbocycles. The van der Waals surface area contributed by atoms with Gasteiger partial charge >= 0.3 is 11.9 Å². The second-order valence-electron chi connectivity index (χ2n) is 4.81. The number of aliphatic hydroxyl groups is 2. The fourth-order valence-electron chi connectivity index (χ4n) is 1.94. The highest BCUT2D eigenvalue weighted by Gasteiger charge is 2.20. The van der Waals surface area contributed by atoms with Crippen LogP contribution < -0.4 is 0 Å². The van der Waals surface area contributed by atoms with Gasteiger partial charge in [-0.15, -0.1) is 0 Å². The molecule has 0 aromatic carbocycles. The lowest BCUT2D eigenvalue weighted by molar-refractivity contribution is -0.143. The molecule has 0 radical (unpaired) electrons. The van der Waals surface area contributed by atoms with E-state index < -0.39 is 30.6 Å². The average molecular weight is 276 g/mol. The fraction of sp³-hybridized carbons (Fsp3) is 0.846. The zero-order valence-corrected chi connectivity index (χ0v) is 11.1. The van der Waals surface area contributed by atoms with Crippen LogP contribution in [0.3, 0.4) is 0 Å². The third kappa shape index (κ3) is 10.5. The van der Waals surface area contributed by atoms with E-state index in [0.717, 1.165) is 25.7 Å². The summed E-state index contributed by atoms with van der Waals surface area (Å²) < 4.78 is 0. The maximum Gasteiger partial charge on any atom is 0.306 e. The van der Waals surface area contributed by atoms with E-state index in [2.05, 4.69) is 0 Å². The van der Waals surface area contributed by atoms with Gasteiger partial charge in [0.05, 0.1) is 18.6 Å². The van der Waals surface area contributed by atoms with Gasteiger partial charge in [0.15, 0.2) is 0 Å². The number of aliphatic carboxylic acids is 2. The Hall–Kier alpha value is -1.14. The van der Waals surface area contributed by atoms with Crippen LogP contribution in [0.25, 0.3) is 0 Å². The van der Waals surface area contributed by atoms with E-state index in [-0.39, 0.29) is 12.8 Å². The molecule has 0 aromatic heterocycles. The summed E-state index contributed by atoms with van der Waals surface area (Å²) in [6.45, 7) is -0.418. The molecule has 0 amide bonds. The van der Waals surface area contributed by atoms with E-state index in [0.29, 0.717) is 12.8 Å². The van der Waals surface area contributed by atoms with Gasteiger partial charge in [0.25, 0.3) is 0 Å². The zero-order chi connectivity index (χ0) is 14.7. The van der Waals surface area contributed by atoms with Gasteiger partial charge in [-0.2, -0.15) is 0 Å². The number of hydrogen-bond donors (Lipinski definition) is 4. The van der Waals surface area contributed by atoms with Crippen molar-refractivity contribution in [2.45, 2.75) is 57.5 Å². The van der Waals surface area contributed by atoms with Crippen LogP contribution in [0.5, 0.6) is 0 Å². The maximum absolute atomic E-state index is 10.9. The monoisotopic (exact) mass is 276 g/mol. The number of carboxylic acids is 2. The molecule has 2 unspecified atom stereocenters. The van der Waals surface area contributed by atoms with E-state index in [9.17, 15) is 14.7 Å². The summed E-state index contributed by atoms with van der Waals surface area (Å²) in [5.41, 5.74) is 0. The van der Waals surface area contributed by atoms with Crippen molar-refractivity contribution >= 4 is 11.9 Å². The zero-order valence-electron chi connectivity index (χ0n) is 11.1. The van der Waals surface area contributed by atoms with Crippen molar-refractivity contribution in [1.29, 1.82) is 0 Å². The highest BCUT2D eigenvalue weighted by Crippen LogP contribution is 2.17. The fourth-order valence-corrected chi connectivity index (χ4v) is 1.94. The Morgan fingerprint density at radius 2 is 1.53 bits per heavy atom. The smallest absolute Gasteiger partial charge is 0.306 e. The van der Waals surface area contributed by atoms with Gasteiger partial charge in [-0.25, -0.2) is 0 Å². The second kappa shape index (κ2) is 10.8. The number of hydrogen-bond acceptors (Lipinski definition) is 4. The molecule has 0 saturated heterocycles. The van der Waals surface area contributed by atoms with Crippen LogP contribution in [-0.4, -0.2) is 45.1 Å². The molecule has 0 aliphatic heterocycles. The van der Waals surface area contributed by atoms with Crippen LogP contribution in [0, 0.1) is 5.92 Å². The summed E-state index contributed by atoms with van der Waals surface area (Å²) in [5, 5.41) is 35.3. The van der Waals surface area contributed by atoms with E-state index >= 15 is 0 Å². The number of rotatable bonds is 12. The van der Waals surface area contributed by atoms with Gasteiger partial charge in [0.1, 0.15) is 0 Å². The summed E-state index contributed by atoms with van der Waals surface area (Å²) in [7, 11) is 0. The predicted molar refractivity (Wildman–Crippen MR) is 68.8 cm³/mol. The highest BCUT2D eigenvalue weighted by atomic mass is 16.4. The van der Waals surface area contributed by atoms with E-state index in [4.69, 9.17) is 15.3 Å². The largest absolute Gasteiger partial charge is 0.481 e. The predicted octanol–water partition coefficient (Wildman–Crippen LogP) is 1.25. The molecular weight excluding hydrogens is 252 g/mol. The quantitative estimate of drug-likeness (QED) is 0.399. The molecule has 0 heterocycles.